The summed E-state index contributed by atoms with van der Waals surface area (Å²) in [5, 5.41) is 0. The third kappa shape index (κ3) is 1.10. The molecule has 80 valence electrons. The fraction of sp³-hybridized carbons (Fsp3) is 0.727. The molecule has 3 saturated carbocycles. The van der Waals surface area contributed by atoms with Crippen LogP contribution in [0.1, 0.15) is 25.7 Å². The summed E-state index contributed by atoms with van der Waals surface area (Å²) < 4.78 is 4.66. The number of carbonyl (C=O) groups excluding carboxylic acids is 3. The molecule has 0 amide bonds. The number of cyclic esters (lactones) is 2. The molecule has 4 rings (SSSR count). The molecule has 15 heavy (non-hydrogen) atoms. The van der Waals surface area contributed by atoms with E-state index in [9.17, 15) is 14.4 Å². The maximum Gasteiger partial charge on any atom is 0.318 e. The topological polar surface area (TPSA) is 60.4 Å². The lowest BCUT2D eigenvalue weighted by molar-refractivity contribution is -0.155. The van der Waals surface area contributed by atoms with Crippen molar-refractivity contribution >= 4 is 17.7 Å². The van der Waals surface area contributed by atoms with Crippen LogP contribution in [0.4, 0.5) is 0 Å². The molecule has 0 spiro atoms. The standard InChI is InChI=1S/C11H12O4/c12-7-4-2-5-1-3-6(7)9-8(5)10(13)15-11(9)14/h5-6,8-9H,1-4H2/t5-,6-,8+,9-/m1/s1. The lowest BCUT2D eigenvalue weighted by atomic mass is 9.69. The second-order valence-electron chi connectivity index (χ2n) is 4.74. The molecule has 2 bridgehead atoms. The number of hydrogen-bond acceptors (Lipinski definition) is 4. The Morgan fingerprint density at radius 3 is 2.47 bits per heavy atom. The maximum atomic E-state index is 11.7. The molecule has 1 aliphatic heterocycles. The molecular formula is C11H12O4. The molecule has 3 aliphatic carbocycles. The summed E-state index contributed by atoms with van der Waals surface area (Å²) in [6.07, 6.45) is 2.93. The fourth-order valence-electron chi connectivity index (χ4n) is 3.38. The fourth-order valence-corrected chi connectivity index (χ4v) is 3.38. The van der Waals surface area contributed by atoms with Crippen molar-refractivity contribution < 1.29 is 19.1 Å². The smallest absolute Gasteiger partial charge is 0.318 e. The van der Waals surface area contributed by atoms with Crippen molar-refractivity contribution in [2.75, 3.05) is 0 Å². The molecular weight excluding hydrogens is 196 g/mol. The van der Waals surface area contributed by atoms with Crippen molar-refractivity contribution in [3.8, 4) is 0 Å². The van der Waals surface area contributed by atoms with Crippen molar-refractivity contribution in [2.24, 2.45) is 23.7 Å². The molecule has 0 N–H and O–H groups in total. The normalized spacial score (nSPS) is 43.9. The molecule has 4 fully saturated rings. The summed E-state index contributed by atoms with van der Waals surface area (Å²) in [7, 11) is 0. The highest BCUT2D eigenvalue weighted by atomic mass is 16.6. The Morgan fingerprint density at radius 2 is 1.67 bits per heavy atom. The summed E-state index contributed by atoms with van der Waals surface area (Å²) in [6, 6.07) is 0. The van der Waals surface area contributed by atoms with Crippen LogP contribution in [0.5, 0.6) is 0 Å². The van der Waals surface area contributed by atoms with E-state index >= 15 is 0 Å². The van der Waals surface area contributed by atoms with E-state index in [1.807, 2.05) is 0 Å². The average molecular weight is 208 g/mol. The first-order valence-electron chi connectivity index (χ1n) is 5.46. The number of rotatable bonds is 0. The monoisotopic (exact) mass is 208 g/mol. The van der Waals surface area contributed by atoms with Crippen LogP contribution in [0.2, 0.25) is 0 Å². The highest BCUT2D eigenvalue weighted by molar-refractivity contribution is 6.00. The summed E-state index contributed by atoms with van der Waals surface area (Å²) in [5.41, 5.74) is 0. The summed E-state index contributed by atoms with van der Waals surface area (Å²) in [5.74, 6) is -1.53. The maximum absolute atomic E-state index is 11.7. The van der Waals surface area contributed by atoms with Crippen molar-refractivity contribution in [1.29, 1.82) is 0 Å². The number of Topliss-reactive ketones (excluding diaryl/α,β-unsaturated/α-hetero) is 1. The Balaban J connectivity index is 2.05. The van der Waals surface area contributed by atoms with Gasteiger partial charge in [0.2, 0.25) is 0 Å². The van der Waals surface area contributed by atoms with Crippen molar-refractivity contribution in [1.82, 2.24) is 0 Å². The van der Waals surface area contributed by atoms with Crippen LogP contribution >= 0.6 is 0 Å². The zero-order chi connectivity index (χ0) is 10.6. The lowest BCUT2D eigenvalue weighted by Gasteiger charge is -2.30. The van der Waals surface area contributed by atoms with Gasteiger partial charge in [-0.15, -0.1) is 0 Å². The SMILES string of the molecule is O=C1OC(=O)[C@H]2[C@@H]1[C@H]1CCC(=O)[C@H]2CC1. The van der Waals surface area contributed by atoms with Gasteiger partial charge in [0, 0.05) is 12.3 Å². The summed E-state index contributed by atoms with van der Waals surface area (Å²) in [4.78, 5) is 34.8. The largest absolute Gasteiger partial charge is 0.393 e. The van der Waals surface area contributed by atoms with E-state index < -0.39 is 17.9 Å². The van der Waals surface area contributed by atoms with Gasteiger partial charge in [-0.05, 0) is 25.2 Å². The Bertz CT molecular complexity index is 360. The molecule has 0 aromatic heterocycles. The van der Waals surface area contributed by atoms with E-state index in [0.717, 1.165) is 19.3 Å². The minimum Gasteiger partial charge on any atom is -0.393 e. The van der Waals surface area contributed by atoms with Crippen molar-refractivity contribution in [2.45, 2.75) is 25.7 Å². The lowest BCUT2D eigenvalue weighted by Crippen LogP contribution is -2.36. The Hall–Kier alpha value is -1.19. The Labute approximate surface area is 87.0 Å². The molecule has 0 unspecified atom stereocenters. The quantitative estimate of drug-likeness (QED) is 0.434. The van der Waals surface area contributed by atoms with E-state index in [0.29, 0.717) is 6.42 Å². The molecule has 4 atom stereocenters. The highest BCUT2D eigenvalue weighted by Crippen LogP contribution is 2.49. The Morgan fingerprint density at radius 1 is 0.933 bits per heavy atom. The second kappa shape index (κ2) is 2.90. The zero-order valence-electron chi connectivity index (χ0n) is 8.27. The third-order valence-corrected chi connectivity index (χ3v) is 4.10. The molecule has 4 nitrogen and oxygen atoms in total. The van der Waals surface area contributed by atoms with Crippen molar-refractivity contribution in [3.63, 3.8) is 0 Å². The van der Waals surface area contributed by atoms with Gasteiger partial charge in [-0.2, -0.15) is 0 Å². The molecule has 1 heterocycles. The van der Waals surface area contributed by atoms with E-state index in [1.165, 1.54) is 0 Å². The first kappa shape index (κ1) is 9.07. The predicted molar refractivity (Wildman–Crippen MR) is 48.5 cm³/mol. The van der Waals surface area contributed by atoms with Crippen LogP contribution in [0.25, 0.3) is 0 Å². The van der Waals surface area contributed by atoms with Gasteiger partial charge in [-0.3, -0.25) is 14.4 Å². The number of ether oxygens (including phenoxy) is 1. The number of ketones is 1. The summed E-state index contributed by atoms with van der Waals surface area (Å²) in [6.45, 7) is 0. The predicted octanol–water partition coefficient (Wildman–Crippen LogP) is 0.691. The van der Waals surface area contributed by atoms with E-state index in [1.54, 1.807) is 0 Å². The minimum absolute atomic E-state index is 0.150. The molecule has 0 aromatic carbocycles. The number of esters is 2. The van der Waals surface area contributed by atoms with Gasteiger partial charge in [0.05, 0.1) is 11.8 Å². The molecule has 4 aliphatic rings. The van der Waals surface area contributed by atoms with Crippen LogP contribution in [0.15, 0.2) is 0 Å². The highest BCUT2D eigenvalue weighted by Gasteiger charge is 2.57. The Kier molecular flexibility index (Phi) is 1.75. The van der Waals surface area contributed by atoms with Gasteiger partial charge in [-0.25, -0.2) is 0 Å². The van der Waals surface area contributed by atoms with E-state index in [4.69, 9.17) is 0 Å². The van der Waals surface area contributed by atoms with Gasteiger partial charge >= 0.3 is 11.9 Å². The van der Waals surface area contributed by atoms with Crippen LogP contribution in [-0.4, -0.2) is 17.7 Å². The minimum atomic E-state index is -0.463. The van der Waals surface area contributed by atoms with E-state index in [-0.39, 0.29) is 23.5 Å². The zero-order valence-corrected chi connectivity index (χ0v) is 8.27. The van der Waals surface area contributed by atoms with Gasteiger partial charge in [0.1, 0.15) is 5.78 Å². The molecule has 1 saturated heterocycles. The third-order valence-electron chi connectivity index (χ3n) is 4.10. The van der Waals surface area contributed by atoms with Gasteiger partial charge in [0.15, 0.2) is 0 Å². The number of carbonyl (C=O) groups is 3. The van der Waals surface area contributed by atoms with Gasteiger partial charge in [-0.1, -0.05) is 0 Å². The second-order valence-corrected chi connectivity index (χ2v) is 4.74. The van der Waals surface area contributed by atoms with Gasteiger partial charge in [0.25, 0.3) is 0 Å². The first-order valence-corrected chi connectivity index (χ1v) is 5.46. The number of hydrogen-bond donors (Lipinski definition) is 0. The van der Waals surface area contributed by atoms with Crippen LogP contribution < -0.4 is 0 Å². The van der Waals surface area contributed by atoms with E-state index in [2.05, 4.69) is 4.74 Å². The summed E-state index contributed by atoms with van der Waals surface area (Å²) >= 11 is 0. The average Bonchev–Trinajstić information content (AvgIpc) is 2.39. The van der Waals surface area contributed by atoms with Crippen LogP contribution in [0, 0.1) is 23.7 Å². The van der Waals surface area contributed by atoms with Crippen molar-refractivity contribution in [3.05, 3.63) is 0 Å². The van der Waals surface area contributed by atoms with Crippen LogP contribution in [0.3, 0.4) is 0 Å². The number of fused-ring (bicyclic) bond motifs is 3. The molecule has 0 radical (unpaired) electrons. The van der Waals surface area contributed by atoms with Gasteiger partial charge < -0.3 is 4.74 Å². The van der Waals surface area contributed by atoms with Crippen LogP contribution in [-0.2, 0) is 19.1 Å². The molecule has 0 aromatic rings. The first-order chi connectivity index (χ1) is 7.18. The molecule has 4 heteroatoms.